The van der Waals surface area contributed by atoms with Gasteiger partial charge >= 0.3 is 17.1 Å². The maximum absolute atomic E-state index is 8.52. The molecule has 0 aliphatic carbocycles. The Hall–Kier alpha value is -1.74. The molecule has 0 radical (unpaired) electrons. The maximum Gasteiger partial charge on any atom is 1.00 e. The number of benzene rings is 2. The van der Waals surface area contributed by atoms with Crippen LogP contribution in [0.4, 0.5) is 11.4 Å². The second-order valence-electron chi connectivity index (χ2n) is 8.89. The smallest absolute Gasteiger partial charge is 0.479 e. The topological polar surface area (TPSA) is 26.7 Å². The average molecular weight is 443 g/mol. The molecule has 2 aromatic rings. The molecule has 162 valence electrons. The minimum atomic E-state index is -0.500. The Labute approximate surface area is 187 Å². The van der Waals surface area contributed by atoms with Crippen molar-refractivity contribution >= 4 is 11.4 Å². The van der Waals surface area contributed by atoms with Gasteiger partial charge in [-0.25, -0.2) is 0 Å². The normalized spacial score (nSPS) is 13.2. The fourth-order valence-corrected chi connectivity index (χ4v) is 3.78. The molecule has 1 heterocycles. The van der Waals surface area contributed by atoms with E-state index in [1.807, 2.05) is 0 Å². The van der Waals surface area contributed by atoms with Crippen molar-refractivity contribution in [2.45, 2.75) is 67.9 Å². The molecular weight excluding hydrogens is 408 g/mol. The van der Waals surface area contributed by atoms with Crippen LogP contribution in [0.1, 0.15) is 54.2 Å². The summed E-state index contributed by atoms with van der Waals surface area (Å²) >= 11 is 0. The van der Waals surface area contributed by atoms with Crippen LogP contribution in [0.3, 0.4) is 0 Å². The summed E-state index contributed by atoms with van der Waals surface area (Å²) in [5, 5.41) is 8.52. The molecule has 4 heteroatoms. The molecule has 2 aromatic carbocycles. The van der Waals surface area contributed by atoms with E-state index in [0.29, 0.717) is 0 Å². The van der Waals surface area contributed by atoms with Crippen LogP contribution in [0, 0.1) is 48.2 Å². The Bertz CT molecular complexity index is 763. The van der Waals surface area contributed by atoms with E-state index >= 15 is 0 Å². The first-order valence-electron chi connectivity index (χ1n) is 9.85. The molecule has 1 N–H and O–H groups in total. The van der Waals surface area contributed by atoms with Gasteiger partial charge in [-0.05, 0) is 97.0 Å². The van der Waals surface area contributed by atoms with Gasteiger partial charge in [-0.1, -0.05) is 35.4 Å². The first-order valence-corrected chi connectivity index (χ1v) is 9.85. The van der Waals surface area contributed by atoms with Crippen LogP contribution < -0.4 is 9.80 Å². The third-order valence-electron chi connectivity index (χ3n) is 4.42. The molecule has 0 aromatic heterocycles. The summed E-state index contributed by atoms with van der Waals surface area (Å²) in [5.41, 5.74) is 9.91. The predicted molar refractivity (Wildman–Crippen MR) is 122 cm³/mol. The van der Waals surface area contributed by atoms with E-state index in [1.165, 1.54) is 44.8 Å². The zero-order valence-electron chi connectivity index (χ0n) is 19.2. The van der Waals surface area contributed by atoms with Gasteiger partial charge in [0.25, 0.3) is 0 Å². The van der Waals surface area contributed by atoms with Gasteiger partial charge < -0.3 is 14.9 Å². The zero-order valence-corrected chi connectivity index (χ0v) is 20.1. The Kier molecular flexibility index (Phi) is 8.59. The van der Waals surface area contributed by atoms with Crippen molar-refractivity contribution in [3.63, 3.8) is 0 Å². The molecule has 0 saturated carbocycles. The van der Waals surface area contributed by atoms with Crippen molar-refractivity contribution in [2.24, 2.45) is 0 Å². The summed E-state index contributed by atoms with van der Waals surface area (Å²) in [5.74, 6) is 0. The van der Waals surface area contributed by atoms with E-state index in [9.17, 15) is 0 Å². The Morgan fingerprint density at radius 2 is 0.897 bits per heavy atom. The second-order valence-corrected chi connectivity index (χ2v) is 8.89. The van der Waals surface area contributed by atoms with Crippen molar-refractivity contribution in [3.05, 3.63) is 76.7 Å². The number of anilines is 2. The molecule has 1 aliphatic heterocycles. The fraction of sp³-hybridized carbons (Fsp3) is 0.400. The standard InChI is InChI=1S/C21H25N2.C4H10O.Cu/c1-14-9-16(3)20(17(4)10-14)22-7-8-23(13-22)21-18(5)11-15(2)12-19(21)6;1-4(2,3)5;/h7-13H,1-6H3;5H,1-3H3;/q-1;;+1. The summed E-state index contributed by atoms with van der Waals surface area (Å²) in [6.45, 7) is 20.4. The quantitative estimate of drug-likeness (QED) is 0.441. The second kappa shape index (κ2) is 9.84. The van der Waals surface area contributed by atoms with E-state index in [1.54, 1.807) is 20.8 Å². The van der Waals surface area contributed by atoms with Gasteiger partial charge in [-0.3, -0.25) is 0 Å². The van der Waals surface area contributed by atoms with Crippen LogP contribution in [-0.2, 0) is 17.1 Å². The molecule has 29 heavy (non-hydrogen) atoms. The molecule has 3 nitrogen and oxygen atoms in total. The number of nitrogens with zero attached hydrogens (tertiary/aromatic N) is 2. The number of hydrogen-bond donors (Lipinski definition) is 1. The van der Waals surface area contributed by atoms with Gasteiger partial charge in [0.05, 0.1) is 5.60 Å². The van der Waals surface area contributed by atoms with Crippen LogP contribution in [0.25, 0.3) is 0 Å². The SMILES string of the molecule is CC(C)(C)O.Cc1cc(C)c(N2C=CN(c3c(C)cc(C)cc3C)[CH-]2)c(C)c1.[Cu+]. The zero-order chi connectivity index (χ0) is 21.2. The Morgan fingerprint density at radius 3 is 1.14 bits per heavy atom. The molecule has 0 unspecified atom stereocenters. The third kappa shape index (κ3) is 6.92. The van der Waals surface area contributed by atoms with Crippen molar-refractivity contribution in [2.75, 3.05) is 9.80 Å². The minimum Gasteiger partial charge on any atom is -0.479 e. The monoisotopic (exact) mass is 442 g/mol. The Balaban J connectivity index is 0.000000628. The van der Waals surface area contributed by atoms with Crippen molar-refractivity contribution in [1.29, 1.82) is 0 Å². The summed E-state index contributed by atoms with van der Waals surface area (Å²) in [6, 6.07) is 8.98. The summed E-state index contributed by atoms with van der Waals surface area (Å²) in [7, 11) is 0. The van der Waals surface area contributed by atoms with Crippen molar-refractivity contribution < 1.29 is 22.2 Å². The van der Waals surface area contributed by atoms with E-state index in [2.05, 4.69) is 94.7 Å². The number of aryl methyl sites for hydroxylation is 6. The molecule has 1 aliphatic rings. The van der Waals surface area contributed by atoms with Gasteiger partial charge in [0.2, 0.25) is 0 Å². The maximum atomic E-state index is 8.52. The Morgan fingerprint density at radius 1 is 0.655 bits per heavy atom. The average Bonchev–Trinajstić information content (AvgIpc) is 2.92. The van der Waals surface area contributed by atoms with Gasteiger partial charge in [-0.15, -0.1) is 6.67 Å². The molecule has 0 spiro atoms. The summed E-state index contributed by atoms with van der Waals surface area (Å²) in [6.07, 6.45) is 4.28. The number of rotatable bonds is 2. The number of hydrogen-bond acceptors (Lipinski definition) is 3. The largest absolute Gasteiger partial charge is 1.00 e. The van der Waals surface area contributed by atoms with Crippen LogP contribution in [0.2, 0.25) is 0 Å². The van der Waals surface area contributed by atoms with E-state index in [-0.39, 0.29) is 17.1 Å². The van der Waals surface area contributed by atoms with Gasteiger partial charge in [-0.2, -0.15) is 0 Å². The molecule has 0 atom stereocenters. The minimum absolute atomic E-state index is 0. The van der Waals surface area contributed by atoms with E-state index < -0.39 is 5.60 Å². The third-order valence-corrected chi connectivity index (χ3v) is 4.42. The molecule has 0 fully saturated rings. The van der Waals surface area contributed by atoms with Crippen LogP contribution in [0.15, 0.2) is 36.7 Å². The first kappa shape index (κ1) is 25.3. The van der Waals surface area contributed by atoms with Crippen LogP contribution >= 0.6 is 0 Å². The molecule has 0 bridgehead atoms. The molecule has 0 amide bonds. The van der Waals surface area contributed by atoms with Gasteiger partial charge in [0.1, 0.15) is 0 Å². The van der Waals surface area contributed by atoms with Gasteiger partial charge in [0, 0.05) is 11.4 Å². The summed E-state index contributed by atoms with van der Waals surface area (Å²) in [4.78, 5) is 4.45. The summed E-state index contributed by atoms with van der Waals surface area (Å²) < 4.78 is 0. The van der Waals surface area contributed by atoms with E-state index in [0.717, 1.165) is 0 Å². The van der Waals surface area contributed by atoms with Crippen LogP contribution in [0.5, 0.6) is 0 Å². The number of aliphatic hydroxyl groups is 1. The fourth-order valence-electron chi connectivity index (χ4n) is 3.78. The molecular formula is C25H35CuN2O. The van der Waals surface area contributed by atoms with E-state index in [4.69, 9.17) is 5.11 Å². The predicted octanol–water partition coefficient (Wildman–Crippen LogP) is 6.23. The molecule has 0 saturated heterocycles. The first-order chi connectivity index (χ1) is 12.9. The van der Waals surface area contributed by atoms with Crippen molar-refractivity contribution in [1.82, 2.24) is 0 Å². The molecule has 3 rings (SSSR count). The van der Waals surface area contributed by atoms with Crippen molar-refractivity contribution in [3.8, 4) is 0 Å². The van der Waals surface area contributed by atoms with Crippen LogP contribution in [-0.4, -0.2) is 10.7 Å². The van der Waals surface area contributed by atoms with Gasteiger partial charge in [0.15, 0.2) is 0 Å².